The Kier molecular flexibility index (Phi) is 3.47. The summed E-state index contributed by atoms with van der Waals surface area (Å²) in [6.07, 6.45) is 1.57. The van der Waals surface area contributed by atoms with Crippen LogP contribution in [0.1, 0.15) is 21.6 Å². The summed E-state index contributed by atoms with van der Waals surface area (Å²) in [4.78, 5) is 31.9. The zero-order valence-electron chi connectivity index (χ0n) is 12.3. The minimum Gasteiger partial charge on any atom is -0.358 e. The smallest absolute Gasteiger partial charge is 0.298 e. The van der Waals surface area contributed by atoms with Gasteiger partial charge < -0.3 is 10.3 Å². The first kappa shape index (κ1) is 14.0. The lowest BCUT2D eigenvalue weighted by Crippen LogP contribution is -2.24. The van der Waals surface area contributed by atoms with Crippen LogP contribution in [-0.4, -0.2) is 21.7 Å². The molecule has 22 heavy (non-hydrogen) atoms. The van der Waals surface area contributed by atoms with E-state index in [0.29, 0.717) is 17.1 Å². The fourth-order valence-corrected chi connectivity index (χ4v) is 2.46. The zero-order valence-corrected chi connectivity index (χ0v) is 12.3. The first-order valence-electron chi connectivity index (χ1n) is 6.92. The lowest BCUT2D eigenvalue weighted by atomic mass is 10.1. The van der Waals surface area contributed by atoms with Crippen LogP contribution in [0.2, 0.25) is 0 Å². The average Bonchev–Trinajstić information content (AvgIpc) is 2.84. The fraction of sp³-hybridized carbons (Fsp3) is 0.118. The molecule has 0 saturated heterocycles. The van der Waals surface area contributed by atoms with Crippen molar-refractivity contribution in [3.05, 3.63) is 59.4 Å². The Morgan fingerprint density at radius 1 is 1.09 bits per heavy atom. The SMILES string of the molecule is Cc1cccnc1NC(=O)C(=O)c1c(C)[nH]c2ccccc12. The van der Waals surface area contributed by atoms with Gasteiger partial charge in [0, 0.05) is 22.8 Å². The molecule has 2 N–H and O–H groups in total. The van der Waals surface area contributed by atoms with Gasteiger partial charge in [-0.3, -0.25) is 9.59 Å². The number of rotatable bonds is 3. The van der Waals surface area contributed by atoms with Crippen LogP contribution in [0, 0.1) is 13.8 Å². The molecule has 0 spiro atoms. The predicted molar refractivity (Wildman–Crippen MR) is 85.0 cm³/mol. The highest BCUT2D eigenvalue weighted by molar-refractivity contribution is 6.48. The number of anilines is 1. The van der Waals surface area contributed by atoms with Gasteiger partial charge in [0.15, 0.2) is 0 Å². The number of amides is 1. The number of hydrogen-bond acceptors (Lipinski definition) is 3. The van der Waals surface area contributed by atoms with Crippen molar-refractivity contribution in [3.8, 4) is 0 Å². The van der Waals surface area contributed by atoms with Gasteiger partial charge >= 0.3 is 0 Å². The number of ketones is 1. The number of aryl methyl sites for hydroxylation is 2. The number of H-pyrrole nitrogens is 1. The van der Waals surface area contributed by atoms with Crippen LogP contribution >= 0.6 is 0 Å². The first-order valence-corrected chi connectivity index (χ1v) is 6.92. The third-order valence-electron chi connectivity index (χ3n) is 3.57. The fourth-order valence-electron chi connectivity index (χ4n) is 2.46. The summed E-state index contributed by atoms with van der Waals surface area (Å²) in [6, 6.07) is 11.0. The third-order valence-corrected chi connectivity index (χ3v) is 3.57. The van der Waals surface area contributed by atoms with Gasteiger partial charge in [-0.25, -0.2) is 4.98 Å². The molecule has 2 aromatic heterocycles. The Hall–Kier alpha value is -2.95. The standard InChI is InChI=1S/C17H15N3O2/c1-10-6-5-9-18-16(10)20-17(22)15(21)14-11(2)19-13-8-4-3-7-12(13)14/h3-9,19H,1-2H3,(H,18,20,22). The molecule has 3 rings (SSSR count). The molecule has 0 aliphatic carbocycles. The highest BCUT2D eigenvalue weighted by Crippen LogP contribution is 2.22. The molecule has 110 valence electrons. The van der Waals surface area contributed by atoms with Crippen LogP contribution in [0.3, 0.4) is 0 Å². The molecule has 1 amide bonds. The molecule has 0 saturated carbocycles. The van der Waals surface area contributed by atoms with Crippen molar-refractivity contribution in [2.75, 3.05) is 5.32 Å². The normalized spacial score (nSPS) is 10.6. The average molecular weight is 293 g/mol. The lowest BCUT2D eigenvalue weighted by molar-refractivity contribution is -0.112. The van der Waals surface area contributed by atoms with E-state index < -0.39 is 11.7 Å². The van der Waals surface area contributed by atoms with E-state index in [1.807, 2.05) is 37.3 Å². The van der Waals surface area contributed by atoms with Gasteiger partial charge in [0.2, 0.25) is 0 Å². The van der Waals surface area contributed by atoms with Crippen molar-refractivity contribution in [1.29, 1.82) is 0 Å². The Balaban J connectivity index is 1.94. The molecule has 0 bridgehead atoms. The number of nitrogens with zero attached hydrogens (tertiary/aromatic N) is 1. The van der Waals surface area contributed by atoms with Gasteiger partial charge in [-0.15, -0.1) is 0 Å². The number of Topliss-reactive ketones (excluding diaryl/α,β-unsaturated/α-hetero) is 1. The molecule has 3 aromatic rings. The summed E-state index contributed by atoms with van der Waals surface area (Å²) in [5, 5.41) is 3.32. The van der Waals surface area contributed by atoms with Crippen molar-refractivity contribution in [2.24, 2.45) is 0 Å². The van der Waals surface area contributed by atoms with Crippen LogP contribution in [0.4, 0.5) is 5.82 Å². The molecule has 1 aromatic carbocycles. The number of nitrogens with one attached hydrogen (secondary N) is 2. The second-order valence-electron chi connectivity index (χ2n) is 5.12. The van der Waals surface area contributed by atoms with Gasteiger partial charge in [-0.2, -0.15) is 0 Å². The number of aromatic nitrogens is 2. The number of pyridine rings is 1. The first-order chi connectivity index (χ1) is 10.6. The summed E-state index contributed by atoms with van der Waals surface area (Å²) in [5.41, 5.74) is 2.73. The summed E-state index contributed by atoms with van der Waals surface area (Å²) in [5.74, 6) is -0.854. The van der Waals surface area contributed by atoms with Crippen molar-refractivity contribution in [3.63, 3.8) is 0 Å². The number of hydrogen-bond donors (Lipinski definition) is 2. The molecule has 5 heteroatoms. The van der Waals surface area contributed by atoms with E-state index >= 15 is 0 Å². The Bertz CT molecular complexity index is 880. The van der Waals surface area contributed by atoms with E-state index in [1.165, 1.54) is 0 Å². The minimum atomic E-state index is -0.686. The van der Waals surface area contributed by atoms with E-state index in [-0.39, 0.29) is 0 Å². The van der Waals surface area contributed by atoms with E-state index in [0.717, 1.165) is 16.5 Å². The quantitative estimate of drug-likeness (QED) is 0.576. The summed E-state index contributed by atoms with van der Waals surface area (Å²) >= 11 is 0. The van der Waals surface area contributed by atoms with Crippen LogP contribution in [0.25, 0.3) is 10.9 Å². The zero-order chi connectivity index (χ0) is 15.7. The number of carbonyl (C=O) groups is 2. The van der Waals surface area contributed by atoms with Crippen LogP contribution in [-0.2, 0) is 4.79 Å². The summed E-state index contributed by atoms with van der Waals surface area (Å²) in [7, 11) is 0. The predicted octanol–water partition coefficient (Wildman–Crippen LogP) is 3.00. The maximum absolute atomic E-state index is 12.5. The maximum Gasteiger partial charge on any atom is 0.298 e. The monoisotopic (exact) mass is 293 g/mol. The van der Waals surface area contributed by atoms with Crippen LogP contribution in [0.15, 0.2) is 42.6 Å². The molecular weight excluding hydrogens is 278 g/mol. The molecule has 0 radical (unpaired) electrons. The van der Waals surface area contributed by atoms with Crippen molar-refractivity contribution in [2.45, 2.75) is 13.8 Å². The minimum absolute atomic E-state index is 0.401. The van der Waals surface area contributed by atoms with Crippen molar-refractivity contribution >= 4 is 28.4 Å². The molecule has 0 unspecified atom stereocenters. The molecule has 0 atom stereocenters. The summed E-state index contributed by atoms with van der Waals surface area (Å²) in [6.45, 7) is 3.61. The number of para-hydroxylation sites is 1. The van der Waals surface area contributed by atoms with E-state index in [2.05, 4.69) is 15.3 Å². The maximum atomic E-state index is 12.5. The van der Waals surface area contributed by atoms with Gasteiger partial charge in [-0.05, 0) is 31.5 Å². The second-order valence-corrected chi connectivity index (χ2v) is 5.12. The Labute approximate surface area is 127 Å². The van der Waals surface area contributed by atoms with E-state index in [1.54, 1.807) is 19.2 Å². The lowest BCUT2D eigenvalue weighted by Gasteiger charge is -2.06. The highest BCUT2D eigenvalue weighted by Gasteiger charge is 2.23. The van der Waals surface area contributed by atoms with E-state index in [9.17, 15) is 9.59 Å². The van der Waals surface area contributed by atoms with Gasteiger partial charge in [0.05, 0.1) is 5.56 Å². The molecule has 0 fully saturated rings. The van der Waals surface area contributed by atoms with Gasteiger partial charge in [0.25, 0.3) is 11.7 Å². The van der Waals surface area contributed by atoms with Crippen molar-refractivity contribution in [1.82, 2.24) is 9.97 Å². The van der Waals surface area contributed by atoms with Gasteiger partial charge in [-0.1, -0.05) is 24.3 Å². The topological polar surface area (TPSA) is 74.8 Å². The number of aromatic amines is 1. The molecule has 5 nitrogen and oxygen atoms in total. The third kappa shape index (κ3) is 2.37. The highest BCUT2D eigenvalue weighted by atomic mass is 16.2. The largest absolute Gasteiger partial charge is 0.358 e. The molecule has 0 aliphatic rings. The van der Waals surface area contributed by atoms with Crippen LogP contribution < -0.4 is 5.32 Å². The molecule has 0 aliphatic heterocycles. The Morgan fingerprint density at radius 2 is 1.86 bits per heavy atom. The number of benzene rings is 1. The number of carbonyl (C=O) groups excluding carboxylic acids is 2. The second kappa shape index (κ2) is 5.44. The Morgan fingerprint density at radius 3 is 2.64 bits per heavy atom. The molecular formula is C17H15N3O2. The number of fused-ring (bicyclic) bond motifs is 1. The van der Waals surface area contributed by atoms with E-state index in [4.69, 9.17) is 0 Å². The van der Waals surface area contributed by atoms with Gasteiger partial charge in [0.1, 0.15) is 5.82 Å². The molecule has 2 heterocycles. The summed E-state index contributed by atoms with van der Waals surface area (Å²) < 4.78 is 0. The van der Waals surface area contributed by atoms with Crippen LogP contribution in [0.5, 0.6) is 0 Å². The van der Waals surface area contributed by atoms with Crippen molar-refractivity contribution < 1.29 is 9.59 Å².